The van der Waals surface area contributed by atoms with Crippen molar-refractivity contribution in [3.8, 4) is 0 Å². The van der Waals surface area contributed by atoms with E-state index in [1.54, 1.807) is 62.4 Å². The molecule has 2 aromatic rings. The number of nitrogens with one attached hydrogen (secondary N) is 1. The minimum absolute atomic E-state index is 0.102. The number of ether oxygens (including phenoxy) is 2. The molecular formula is C20H22ClNO5. The summed E-state index contributed by atoms with van der Waals surface area (Å²) in [6, 6.07) is 13.9. The van der Waals surface area contributed by atoms with Gasteiger partial charge in [-0.1, -0.05) is 35.9 Å². The lowest BCUT2D eigenvalue weighted by Gasteiger charge is -2.16. The van der Waals surface area contributed by atoms with Crippen LogP contribution >= 0.6 is 11.6 Å². The van der Waals surface area contributed by atoms with E-state index in [0.717, 1.165) is 11.1 Å². The third-order valence-corrected chi connectivity index (χ3v) is 3.87. The summed E-state index contributed by atoms with van der Waals surface area (Å²) in [5, 5.41) is 12.4. The first-order valence-electron chi connectivity index (χ1n) is 8.49. The molecule has 0 saturated carbocycles. The molecule has 0 fully saturated rings. The van der Waals surface area contributed by atoms with Crippen LogP contribution in [0.25, 0.3) is 0 Å². The van der Waals surface area contributed by atoms with Gasteiger partial charge in [0.1, 0.15) is 6.61 Å². The largest absolute Gasteiger partial charge is 0.479 e. The lowest BCUT2D eigenvalue weighted by Crippen LogP contribution is -2.29. The van der Waals surface area contributed by atoms with Crippen molar-refractivity contribution < 1.29 is 24.2 Å². The summed E-state index contributed by atoms with van der Waals surface area (Å²) in [6.45, 7) is 3.70. The average molecular weight is 392 g/mol. The Morgan fingerprint density at radius 3 is 2.19 bits per heavy atom. The summed E-state index contributed by atoms with van der Waals surface area (Å²) in [4.78, 5) is 23.1. The number of halogens is 1. The quantitative estimate of drug-likeness (QED) is 0.691. The summed E-state index contributed by atoms with van der Waals surface area (Å²) in [7, 11) is 0. The van der Waals surface area contributed by atoms with E-state index in [-0.39, 0.29) is 19.1 Å². The zero-order valence-electron chi connectivity index (χ0n) is 15.1. The first-order chi connectivity index (χ1) is 12.8. The van der Waals surface area contributed by atoms with Gasteiger partial charge in [-0.05, 0) is 49.2 Å². The van der Waals surface area contributed by atoms with Crippen LogP contribution in [0.3, 0.4) is 0 Å². The normalized spacial score (nSPS) is 11.9. The van der Waals surface area contributed by atoms with Gasteiger partial charge < -0.3 is 14.6 Å². The number of anilines is 1. The number of carboxylic acid groups (broad SMARTS) is 1. The van der Waals surface area contributed by atoms with E-state index >= 15 is 0 Å². The highest BCUT2D eigenvalue weighted by Gasteiger charge is 2.20. The van der Waals surface area contributed by atoms with Crippen LogP contribution in [-0.2, 0) is 27.3 Å². The molecule has 27 heavy (non-hydrogen) atoms. The van der Waals surface area contributed by atoms with Crippen LogP contribution in [0.15, 0.2) is 48.5 Å². The van der Waals surface area contributed by atoms with E-state index in [1.165, 1.54) is 0 Å². The molecule has 2 N–H and O–H groups in total. The van der Waals surface area contributed by atoms with E-state index in [9.17, 15) is 14.7 Å². The smallest absolute Gasteiger partial charge is 0.411 e. The molecule has 0 radical (unpaired) electrons. The molecule has 1 amide bonds. The molecule has 0 aliphatic rings. The number of amides is 1. The zero-order chi connectivity index (χ0) is 19.8. The first kappa shape index (κ1) is 20.7. The third kappa shape index (κ3) is 7.29. The van der Waals surface area contributed by atoms with Crippen molar-refractivity contribution in [2.75, 3.05) is 5.32 Å². The van der Waals surface area contributed by atoms with Crippen molar-refractivity contribution in [1.82, 2.24) is 0 Å². The molecule has 1 unspecified atom stereocenters. The fourth-order valence-corrected chi connectivity index (χ4v) is 2.47. The Balaban J connectivity index is 1.85. The zero-order valence-corrected chi connectivity index (χ0v) is 15.9. The van der Waals surface area contributed by atoms with Gasteiger partial charge in [0.15, 0.2) is 6.10 Å². The fourth-order valence-electron chi connectivity index (χ4n) is 2.34. The van der Waals surface area contributed by atoms with Gasteiger partial charge in [0.05, 0.1) is 6.10 Å². The first-order valence-corrected chi connectivity index (χ1v) is 8.86. The Bertz CT molecular complexity index is 759. The predicted octanol–water partition coefficient (Wildman–Crippen LogP) is 4.51. The Morgan fingerprint density at radius 1 is 1.04 bits per heavy atom. The number of benzene rings is 2. The van der Waals surface area contributed by atoms with Gasteiger partial charge in [0.2, 0.25) is 0 Å². The number of carbonyl (C=O) groups excluding carboxylic acids is 1. The second-order valence-electron chi connectivity index (χ2n) is 6.24. The van der Waals surface area contributed by atoms with Gasteiger partial charge in [-0.3, -0.25) is 5.32 Å². The van der Waals surface area contributed by atoms with Crippen LogP contribution in [0, 0.1) is 0 Å². The summed E-state index contributed by atoms with van der Waals surface area (Å²) >= 11 is 5.79. The highest BCUT2D eigenvalue weighted by molar-refractivity contribution is 6.30. The van der Waals surface area contributed by atoms with Crippen LogP contribution in [0.5, 0.6) is 0 Å². The second-order valence-corrected chi connectivity index (χ2v) is 6.68. The van der Waals surface area contributed by atoms with Gasteiger partial charge in [-0.25, -0.2) is 9.59 Å². The van der Waals surface area contributed by atoms with E-state index in [4.69, 9.17) is 21.1 Å². The molecule has 6 nitrogen and oxygen atoms in total. The van der Waals surface area contributed by atoms with Gasteiger partial charge in [-0.2, -0.15) is 0 Å². The van der Waals surface area contributed by atoms with Crippen LogP contribution in [0.1, 0.15) is 25.0 Å². The van der Waals surface area contributed by atoms with Crippen molar-refractivity contribution in [3.63, 3.8) is 0 Å². The van der Waals surface area contributed by atoms with Gasteiger partial charge in [-0.15, -0.1) is 0 Å². The molecule has 2 rings (SSSR count). The van der Waals surface area contributed by atoms with Crippen molar-refractivity contribution in [2.45, 2.75) is 39.1 Å². The topological polar surface area (TPSA) is 84.9 Å². The molecule has 144 valence electrons. The number of carbonyl (C=O) groups is 2. The molecule has 0 heterocycles. The molecule has 0 aromatic heterocycles. The maximum Gasteiger partial charge on any atom is 0.411 e. The van der Waals surface area contributed by atoms with Crippen molar-refractivity contribution in [3.05, 3.63) is 64.7 Å². The Labute approximate surface area is 163 Å². The Hall–Kier alpha value is -2.57. The fraction of sp³-hybridized carbons (Fsp3) is 0.300. The van der Waals surface area contributed by atoms with E-state index in [0.29, 0.717) is 10.7 Å². The number of hydrogen-bond acceptors (Lipinski definition) is 4. The number of carboxylic acids is 1. The minimum atomic E-state index is -0.991. The SMILES string of the molecule is CC(C)OC(Cc1ccc(COC(=O)Nc2ccc(Cl)cc2)cc1)C(=O)O. The van der Waals surface area contributed by atoms with Gasteiger partial charge in [0, 0.05) is 17.1 Å². The molecule has 7 heteroatoms. The highest BCUT2D eigenvalue weighted by Crippen LogP contribution is 2.14. The van der Waals surface area contributed by atoms with Crippen LogP contribution in [0.4, 0.5) is 10.5 Å². The Kier molecular flexibility index (Phi) is 7.64. The second kappa shape index (κ2) is 9.94. The lowest BCUT2D eigenvalue weighted by molar-refractivity contribution is -0.153. The monoisotopic (exact) mass is 391 g/mol. The predicted molar refractivity (Wildman–Crippen MR) is 103 cm³/mol. The molecule has 0 spiro atoms. The van der Waals surface area contributed by atoms with Gasteiger partial charge >= 0.3 is 12.1 Å². The van der Waals surface area contributed by atoms with Crippen LogP contribution in [-0.4, -0.2) is 29.4 Å². The standard InChI is InChI=1S/C20H22ClNO5/c1-13(2)27-18(19(23)24)11-14-3-5-15(6-4-14)12-26-20(25)22-17-9-7-16(21)8-10-17/h3-10,13,18H,11-12H2,1-2H3,(H,22,25)(H,23,24). The maximum atomic E-state index is 11.8. The molecule has 2 aromatic carbocycles. The van der Waals surface area contributed by atoms with Gasteiger partial charge in [0.25, 0.3) is 0 Å². The average Bonchev–Trinajstić information content (AvgIpc) is 2.62. The van der Waals surface area contributed by atoms with E-state index in [2.05, 4.69) is 5.32 Å². The van der Waals surface area contributed by atoms with Crippen molar-refractivity contribution in [1.29, 1.82) is 0 Å². The third-order valence-electron chi connectivity index (χ3n) is 3.62. The highest BCUT2D eigenvalue weighted by atomic mass is 35.5. The van der Waals surface area contributed by atoms with Crippen molar-refractivity contribution >= 4 is 29.4 Å². The molecule has 0 aliphatic heterocycles. The maximum absolute atomic E-state index is 11.8. The van der Waals surface area contributed by atoms with E-state index < -0.39 is 18.2 Å². The Morgan fingerprint density at radius 2 is 1.63 bits per heavy atom. The summed E-state index contributed by atoms with van der Waals surface area (Å²) in [5.74, 6) is -0.991. The molecule has 0 saturated heterocycles. The van der Waals surface area contributed by atoms with Crippen molar-refractivity contribution in [2.24, 2.45) is 0 Å². The van der Waals surface area contributed by atoms with Crippen LogP contribution < -0.4 is 5.32 Å². The molecule has 0 aliphatic carbocycles. The van der Waals surface area contributed by atoms with Crippen LogP contribution in [0.2, 0.25) is 5.02 Å². The number of hydrogen-bond donors (Lipinski definition) is 2. The molecule has 1 atom stereocenters. The summed E-state index contributed by atoms with van der Waals surface area (Å²) < 4.78 is 10.6. The summed E-state index contributed by atoms with van der Waals surface area (Å²) in [5.41, 5.74) is 2.21. The lowest BCUT2D eigenvalue weighted by atomic mass is 10.1. The number of aliphatic carboxylic acids is 1. The minimum Gasteiger partial charge on any atom is -0.479 e. The molecule has 0 bridgehead atoms. The van der Waals surface area contributed by atoms with E-state index in [1.807, 2.05) is 0 Å². The number of rotatable bonds is 8. The molecular weight excluding hydrogens is 370 g/mol. The summed E-state index contributed by atoms with van der Waals surface area (Å²) in [6.07, 6.45) is -1.36.